The number of hydrogen-bond acceptors (Lipinski definition) is 4. The lowest BCUT2D eigenvalue weighted by atomic mass is 9.77. The lowest BCUT2D eigenvalue weighted by Crippen LogP contribution is -2.61. The first-order valence-corrected chi connectivity index (χ1v) is 7.90. The summed E-state index contributed by atoms with van der Waals surface area (Å²) in [6.45, 7) is 0.221. The Morgan fingerprint density at radius 2 is 1.80 bits per heavy atom. The third kappa shape index (κ3) is 2.80. The largest absolute Gasteiger partial charge is 0.384 e. The van der Waals surface area contributed by atoms with E-state index in [9.17, 15) is 37.1 Å². The van der Waals surface area contributed by atoms with Gasteiger partial charge in [0, 0.05) is 25.7 Å². The van der Waals surface area contributed by atoms with Crippen LogP contribution in [0.15, 0.2) is 0 Å². The van der Waals surface area contributed by atoms with Crippen LogP contribution in [0.3, 0.4) is 0 Å². The topological polar surface area (TPSA) is 86.7 Å². The van der Waals surface area contributed by atoms with E-state index in [0.29, 0.717) is 4.90 Å². The number of rotatable bonds is 1. The third-order valence-electron chi connectivity index (χ3n) is 5.33. The zero-order valence-electron chi connectivity index (χ0n) is 13.5. The highest BCUT2D eigenvalue weighted by Gasteiger charge is 2.69. The summed E-state index contributed by atoms with van der Waals surface area (Å²) < 4.78 is 55.2. The van der Waals surface area contributed by atoms with Gasteiger partial charge in [0.05, 0.1) is 17.6 Å². The van der Waals surface area contributed by atoms with Crippen molar-refractivity contribution in [3.8, 4) is 0 Å². The second kappa shape index (κ2) is 5.15. The van der Waals surface area contributed by atoms with Crippen molar-refractivity contribution >= 4 is 17.6 Å². The lowest BCUT2D eigenvalue weighted by molar-refractivity contribution is -0.153. The molecule has 2 N–H and O–H groups in total. The Labute approximate surface area is 140 Å². The van der Waals surface area contributed by atoms with Crippen LogP contribution in [-0.2, 0) is 14.4 Å². The molecule has 25 heavy (non-hydrogen) atoms. The molecule has 10 heteroatoms. The molecule has 3 rings (SSSR count). The summed E-state index contributed by atoms with van der Waals surface area (Å²) in [4.78, 5) is 36.0. The number of carbonyl (C=O) groups is 3. The summed E-state index contributed by atoms with van der Waals surface area (Å²) in [5, 5.41) is 12.2. The molecule has 0 bridgehead atoms. The van der Waals surface area contributed by atoms with Crippen molar-refractivity contribution in [2.75, 3.05) is 6.54 Å². The molecule has 1 heterocycles. The number of ketones is 1. The van der Waals surface area contributed by atoms with E-state index in [-0.39, 0.29) is 18.6 Å². The molecular formula is C15H18F4N2O4. The van der Waals surface area contributed by atoms with E-state index >= 15 is 0 Å². The number of nitrogens with one attached hydrogen (secondary N) is 1. The molecule has 2 amide bonds. The number of carbonyl (C=O) groups excluding carboxylic acids is 3. The number of alkyl halides is 4. The average molecular weight is 366 g/mol. The van der Waals surface area contributed by atoms with Crippen molar-refractivity contribution in [2.45, 2.75) is 68.1 Å². The van der Waals surface area contributed by atoms with Crippen molar-refractivity contribution in [2.24, 2.45) is 0 Å². The summed E-state index contributed by atoms with van der Waals surface area (Å²) in [6, 6.07) is 0. The Hall–Kier alpha value is -1.71. The maximum atomic E-state index is 14.0. The Morgan fingerprint density at radius 3 is 2.28 bits per heavy atom. The van der Waals surface area contributed by atoms with Crippen LogP contribution in [0.25, 0.3) is 0 Å². The minimum absolute atomic E-state index is 0.00796. The van der Waals surface area contributed by atoms with Crippen molar-refractivity contribution in [1.82, 2.24) is 10.2 Å². The zero-order chi connectivity index (χ0) is 18.8. The summed E-state index contributed by atoms with van der Waals surface area (Å²) in [7, 11) is 0. The highest BCUT2D eigenvalue weighted by Crippen LogP contribution is 2.53. The molecule has 0 aromatic heterocycles. The van der Waals surface area contributed by atoms with Gasteiger partial charge in [0.2, 0.25) is 0 Å². The molecule has 1 aliphatic heterocycles. The number of aliphatic hydroxyl groups is 1. The van der Waals surface area contributed by atoms with Gasteiger partial charge < -0.3 is 15.3 Å². The second-order valence-electron chi connectivity index (χ2n) is 7.60. The van der Waals surface area contributed by atoms with Gasteiger partial charge in [-0.1, -0.05) is 0 Å². The predicted octanol–water partition coefficient (Wildman–Crippen LogP) is 0.621. The maximum absolute atomic E-state index is 14.0. The summed E-state index contributed by atoms with van der Waals surface area (Å²) in [5.74, 6) is -9.84. The molecule has 3 fully saturated rings. The predicted molar refractivity (Wildman–Crippen MR) is 75.0 cm³/mol. The van der Waals surface area contributed by atoms with E-state index in [4.69, 9.17) is 0 Å². The minimum Gasteiger partial charge on any atom is -0.384 e. The van der Waals surface area contributed by atoms with Crippen LogP contribution in [0, 0.1) is 0 Å². The van der Waals surface area contributed by atoms with Gasteiger partial charge in [-0.25, -0.2) is 17.6 Å². The molecule has 2 aliphatic carbocycles. The fourth-order valence-electron chi connectivity index (χ4n) is 4.11. The number of nitrogens with zero attached hydrogens (tertiary/aromatic N) is 1. The van der Waals surface area contributed by atoms with Crippen molar-refractivity contribution < 1.29 is 37.1 Å². The van der Waals surface area contributed by atoms with Crippen LogP contribution >= 0.6 is 0 Å². The maximum Gasteiger partial charge on any atom is 0.312 e. The van der Waals surface area contributed by atoms with Crippen LogP contribution < -0.4 is 5.32 Å². The highest BCUT2D eigenvalue weighted by molar-refractivity contribution is 6.35. The standard InChI is InChI=1S/C15H18F4N2O4/c1-12(4-8(22)5-12)20-9(23)10(24)21-7-15(18,19)11(25)13(21)2-3-14(16,17)6-13/h11,25H,2-7H2,1H3,(H,20,23)/t11-,13-/m0/s1. The van der Waals surface area contributed by atoms with Crippen molar-refractivity contribution in [3.63, 3.8) is 0 Å². The van der Waals surface area contributed by atoms with Gasteiger partial charge in [0.15, 0.2) is 0 Å². The van der Waals surface area contributed by atoms with Crippen molar-refractivity contribution in [3.05, 3.63) is 0 Å². The lowest BCUT2D eigenvalue weighted by Gasteiger charge is -2.39. The molecule has 0 radical (unpaired) electrons. The number of amides is 2. The van der Waals surface area contributed by atoms with Gasteiger partial charge in [0.1, 0.15) is 11.9 Å². The van der Waals surface area contributed by atoms with Gasteiger partial charge in [-0.05, 0) is 13.3 Å². The summed E-state index contributed by atoms with van der Waals surface area (Å²) in [6.07, 6.45) is -4.84. The van der Waals surface area contributed by atoms with Gasteiger partial charge in [-0.2, -0.15) is 0 Å². The summed E-state index contributed by atoms with van der Waals surface area (Å²) >= 11 is 0. The van der Waals surface area contributed by atoms with Gasteiger partial charge >= 0.3 is 11.8 Å². The number of halogens is 4. The number of hydrogen-bond donors (Lipinski definition) is 2. The Balaban J connectivity index is 1.83. The van der Waals surface area contributed by atoms with E-state index in [1.807, 2.05) is 0 Å². The Bertz CT molecular complexity index is 645. The first-order valence-electron chi connectivity index (χ1n) is 7.90. The Kier molecular flexibility index (Phi) is 3.73. The molecule has 2 atom stereocenters. The molecule has 0 unspecified atom stereocenters. The SMILES string of the molecule is CC1(NC(=O)C(=O)N2CC(F)(F)[C@@H](O)[C@@]23CCC(F)(F)C3)CC(=O)C1. The number of likely N-dealkylation sites (tertiary alicyclic amines) is 1. The van der Waals surface area contributed by atoms with Crippen LogP contribution in [0.5, 0.6) is 0 Å². The summed E-state index contributed by atoms with van der Waals surface area (Å²) in [5.41, 5.74) is -3.12. The molecule has 2 saturated carbocycles. The van der Waals surface area contributed by atoms with Crippen LogP contribution in [0.1, 0.15) is 39.0 Å². The van der Waals surface area contributed by atoms with Crippen LogP contribution in [0.2, 0.25) is 0 Å². The van der Waals surface area contributed by atoms with Crippen LogP contribution in [-0.4, -0.2) is 63.2 Å². The first kappa shape index (κ1) is 18.1. The minimum atomic E-state index is -3.79. The van der Waals surface area contributed by atoms with Crippen molar-refractivity contribution in [1.29, 1.82) is 0 Å². The molecule has 1 spiro atoms. The third-order valence-corrected chi connectivity index (χ3v) is 5.33. The normalized spacial score (nSPS) is 34.9. The Morgan fingerprint density at radius 1 is 1.20 bits per heavy atom. The highest BCUT2D eigenvalue weighted by atomic mass is 19.3. The van der Waals surface area contributed by atoms with Crippen LogP contribution in [0.4, 0.5) is 17.6 Å². The van der Waals surface area contributed by atoms with Gasteiger partial charge in [-0.15, -0.1) is 0 Å². The van der Waals surface area contributed by atoms with Gasteiger partial charge in [-0.3, -0.25) is 14.4 Å². The van der Waals surface area contributed by atoms with Gasteiger partial charge in [0.25, 0.3) is 11.8 Å². The number of Topliss-reactive ketones (excluding diaryl/α,β-unsaturated/α-hetero) is 1. The average Bonchev–Trinajstić information content (AvgIpc) is 2.86. The molecule has 1 saturated heterocycles. The van der Waals surface area contributed by atoms with E-state index < -0.39 is 66.6 Å². The molecule has 140 valence electrons. The molecule has 3 aliphatic rings. The molecule has 0 aromatic rings. The molecule has 0 aromatic carbocycles. The smallest absolute Gasteiger partial charge is 0.312 e. The van der Waals surface area contributed by atoms with E-state index in [2.05, 4.69) is 5.32 Å². The van der Waals surface area contributed by atoms with E-state index in [1.165, 1.54) is 6.92 Å². The van der Waals surface area contributed by atoms with E-state index in [1.54, 1.807) is 0 Å². The second-order valence-corrected chi connectivity index (χ2v) is 7.60. The van der Waals surface area contributed by atoms with E-state index in [0.717, 1.165) is 0 Å². The first-order chi connectivity index (χ1) is 11.3. The fraction of sp³-hybridized carbons (Fsp3) is 0.800. The zero-order valence-corrected chi connectivity index (χ0v) is 13.5. The molecular weight excluding hydrogens is 348 g/mol. The molecule has 6 nitrogen and oxygen atoms in total. The quantitative estimate of drug-likeness (QED) is 0.526. The fourth-order valence-corrected chi connectivity index (χ4v) is 4.11. The number of aliphatic hydroxyl groups excluding tert-OH is 1. The monoisotopic (exact) mass is 366 g/mol.